The molecule has 28 heavy (non-hydrogen) atoms. The largest absolute Gasteiger partial charge is 0.410 e. The van der Waals surface area contributed by atoms with Gasteiger partial charge < -0.3 is 21.2 Å². The number of hydrogen-bond donors (Lipinski definition) is 3. The fraction of sp³-hybridized carbons (Fsp3) is 0.200. The predicted molar refractivity (Wildman–Crippen MR) is 108 cm³/mol. The predicted octanol–water partition coefficient (Wildman–Crippen LogP) is 2.64. The van der Waals surface area contributed by atoms with Crippen LogP contribution >= 0.6 is 0 Å². The third-order valence-electron chi connectivity index (χ3n) is 4.81. The number of nitrogens with one attached hydrogen (secondary N) is 1. The van der Waals surface area contributed by atoms with E-state index in [4.69, 9.17) is 5.73 Å². The van der Waals surface area contributed by atoms with Crippen LogP contribution in [-0.4, -0.2) is 39.9 Å². The summed E-state index contributed by atoms with van der Waals surface area (Å²) in [4.78, 5) is 22.8. The van der Waals surface area contributed by atoms with E-state index in [0.717, 1.165) is 42.4 Å². The molecule has 0 spiro atoms. The number of nitrogens with zero attached hydrogens (tertiary/aromatic N) is 4. The van der Waals surface area contributed by atoms with E-state index in [1.165, 1.54) is 0 Å². The summed E-state index contributed by atoms with van der Waals surface area (Å²) in [5.41, 5.74) is 6.44. The summed E-state index contributed by atoms with van der Waals surface area (Å²) >= 11 is 0. The molecule has 1 saturated heterocycles. The Morgan fingerprint density at radius 2 is 1.86 bits per heavy atom. The molecule has 8 heteroatoms. The number of anilines is 3. The molecule has 4 N–H and O–H groups in total. The Labute approximate surface area is 161 Å². The number of carbonyl (C=O) groups is 1. The summed E-state index contributed by atoms with van der Waals surface area (Å²) in [6, 6.07) is 12.8. The number of aromatic nitrogens is 2. The molecule has 1 aliphatic rings. The Bertz CT molecular complexity index is 1060. The van der Waals surface area contributed by atoms with E-state index in [1.807, 2.05) is 36.4 Å². The molecule has 3 aromatic rings. The topological polar surface area (TPSA) is 117 Å². The minimum absolute atomic E-state index is 0.180. The molecule has 2 aromatic carbocycles. The fourth-order valence-electron chi connectivity index (χ4n) is 3.48. The Kier molecular flexibility index (Phi) is 4.76. The molecule has 0 unspecified atom stereocenters. The SMILES string of the molecule is NC(=O)C(=NO)c1ccc(Nc2ccnc(N3CCCC3)n2)c2ccccc12. The first-order chi connectivity index (χ1) is 13.7. The molecule has 1 fully saturated rings. The maximum Gasteiger partial charge on any atom is 0.271 e. The van der Waals surface area contributed by atoms with Gasteiger partial charge in [-0.05, 0) is 36.4 Å². The molecule has 0 saturated carbocycles. The van der Waals surface area contributed by atoms with Crippen molar-refractivity contribution in [2.75, 3.05) is 23.3 Å². The van der Waals surface area contributed by atoms with Crippen LogP contribution in [0.5, 0.6) is 0 Å². The lowest BCUT2D eigenvalue weighted by molar-refractivity contribution is -0.112. The number of fused-ring (bicyclic) bond motifs is 1. The summed E-state index contributed by atoms with van der Waals surface area (Å²) in [6.07, 6.45) is 4.05. The second-order valence-corrected chi connectivity index (χ2v) is 6.58. The van der Waals surface area contributed by atoms with Crippen molar-refractivity contribution in [2.24, 2.45) is 10.9 Å². The number of nitrogens with two attached hydrogens (primary N) is 1. The molecule has 8 nitrogen and oxygen atoms in total. The van der Waals surface area contributed by atoms with Gasteiger partial charge in [0.1, 0.15) is 5.82 Å². The van der Waals surface area contributed by atoms with Gasteiger partial charge in [-0.1, -0.05) is 29.4 Å². The highest BCUT2D eigenvalue weighted by molar-refractivity contribution is 6.46. The van der Waals surface area contributed by atoms with Crippen LogP contribution in [0.1, 0.15) is 18.4 Å². The van der Waals surface area contributed by atoms with Crippen LogP contribution in [0.15, 0.2) is 53.8 Å². The molecular weight excluding hydrogens is 356 g/mol. The van der Waals surface area contributed by atoms with Crippen molar-refractivity contribution in [2.45, 2.75) is 12.8 Å². The average molecular weight is 376 g/mol. The van der Waals surface area contributed by atoms with Crippen molar-refractivity contribution in [1.29, 1.82) is 0 Å². The molecule has 0 bridgehead atoms. The monoisotopic (exact) mass is 376 g/mol. The lowest BCUT2D eigenvalue weighted by Crippen LogP contribution is -2.24. The first-order valence-corrected chi connectivity index (χ1v) is 9.06. The average Bonchev–Trinajstić information content (AvgIpc) is 3.25. The lowest BCUT2D eigenvalue weighted by Gasteiger charge is -2.16. The number of carbonyl (C=O) groups excluding carboxylic acids is 1. The highest BCUT2D eigenvalue weighted by Crippen LogP contribution is 2.29. The highest BCUT2D eigenvalue weighted by Gasteiger charge is 2.17. The smallest absolute Gasteiger partial charge is 0.271 e. The Morgan fingerprint density at radius 1 is 1.11 bits per heavy atom. The van der Waals surface area contributed by atoms with E-state index in [-0.39, 0.29) is 5.71 Å². The van der Waals surface area contributed by atoms with E-state index in [9.17, 15) is 10.0 Å². The molecule has 0 radical (unpaired) electrons. The number of oxime groups is 1. The molecule has 142 valence electrons. The van der Waals surface area contributed by atoms with Crippen molar-refractivity contribution in [3.05, 3.63) is 54.2 Å². The van der Waals surface area contributed by atoms with Gasteiger partial charge in [0, 0.05) is 35.9 Å². The molecule has 1 aliphatic heterocycles. The zero-order valence-electron chi connectivity index (χ0n) is 15.2. The zero-order valence-corrected chi connectivity index (χ0v) is 15.2. The second-order valence-electron chi connectivity index (χ2n) is 6.58. The maximum atomic E-state index is 11.6. The molecule has 1 amide bonds. The molecule has 2 heterocycles. The number of primary amides is 1. The maximum absolute atomic E-state index is 11.6. The van der Waals surface area contributed by atoms with Crippen molar-refractivity contribution in [3.63, 3.8) is 0 Å². The van der Waals surface area contributed by atoms with Crippen molar-refractivity contribution < 1.29 is 10.0 Å². The summed E-state index contributed by atoms with van der Waals surface area (Å²) in [5, 5.41) is 17.2. The van der Waals surface area contributed by atoms with Crippen LogP contribution in [0.25, 0.3) is 10.8 Å². The van der Waals surface area contributed by atoms with E-state index in [0.29, 0.717) is 17.3 Å². The van der Waals surface area contributed by atoms with E-state index < -0.39 is 5.91 Å². The van der Waals surface area contributed by atoms with Gasteiger partial charge in [-0.3, -0.25) is 4.79 Å². The van der Waals surface area contributed by atoms with E-state index in [2.05, 4.69) is 25.3 Å². The Balaban J connectivity index is 1.73. The van der Waals surface area contributed by atoms with Crippen LogP contribution in [0.2, 0.25) is 0 Å². The summed E-state index contributed by atoms with van der Waals surface area (Å²) in [7, 11) is 0. The number of amides is 1. The second kappa shape index (κ2) is 7.51. The van der Waals surface area contributed by atoms with E-state index >= 15 is 0 Å². The molecule has 0 atom stereocenters. The van der Waals surface area contributed by atoms with Crippen LogP contribution in [0, 0.1) is 0 Å². The fourth-order valence-corrected chi connectivity index (χ4v) is 3.48. The Morgan fingerprint density at radius 3 is 2.57 bits per heavy atom. The third-order valence-corrected chi connectivity index (χ3v) is 4.81. The normalized spacial score (nSPS) is 14.4. The lowest BCUT2D eigenvalue weighted by atomic mass is 9.99. The van der Waals surface area contributed by atoms with Gasteiger partial charge in [-0.25, -0.2) is 4.98 Å². The molecular formula is C20H20N6O2. The van der Waals surface area contributed by atoms with E-state index in [1.54, 1.807) is 12.3 Å². The molecule has 0 aliphatic carbocycles. The Hall–Kier alpha value is -3.68. The minimum Gasteiger partial charge on any atom is -0.410 e. The van der Waals surface area contributed by atoms with Gasteiger partial charge >= 0.3 is 0 Å². The zero-order chi connectivity index (χ0) is 19.5. The summed E-state index contributed by atoms with van der Waals surface area (Å²) in [6.45, 7) is 1.94. The standard InChI is InChI=1S/C20H20N6O2/c21-19(27)18(25-28)15-7-8-16(14-6-2-1-5-13(14)15)23-17-9-10-22-20(24-17)26-11-3-4-12-26/h1-2,5-10,28H,3-4,11-12H2,(H2,21,27)(H,22,23,24). The van der Waals surface area contributed by atoms with Crippen LogP contribution in [0.4, 0.5) is 17.5 Å². The van der Waals surface area contributed by atoms with Crippen molar-refractivity contribution in [1.82, 2.24) is 9.97 Å². The summed E-state index contributed by atoms with van der Waals surface area (Å²) < 4.78 is 0. The number of hydrogen-bond acceptors (Lipinski definition) is 7. The van der Waals surface area contributed by atoms with Crippen LogP contribution in [-0.2, 0) is 4.79 Å². The number of benzene rings is 2. The van der Waals surface area contributed by atoms with Gasteiger partial charge in [0.05, 0.1) is 0 Å². The van der Waals surface area contributed by atoms with Crippen LogP contribution in [0.3, 0.4) is 0 Å². The minimum atomic E-state index is -0.792. The molecule has 4 rings (SSSR count). The number of rotatable bonds is 5. The van der Waals surface area contributed by atoms with Gasteiger partial charge in [-0.2, -0.15) is 4.98 Å². The third kappa shape index (κ3) is 3.32. The van der Waals surface area contributed by atoms with Crippen molar-refractivity contribution >= 4 is 39.8 Å². The highest BCUT2D eigenvalue weighted by atomic mass is 16.4. The first-order valence-electron chi connectivity index (χ1n) is 9.06. The van der Waals surface area contributed by atoms with Gasteiger partial charge in [0.15, 0.2) is 5.71 Å². The van der Waals surface area contributed by atoms with Crippen LogP contribution < -0.4 is 16.0 Å². The quantitative estimate of drug-likeness (QED) is 0.358. The van der Waals surface area contributed by atoms with Gasteiger partial charge in [-0.15, -0.1) is 0 Å². The summed E-state index contributed by atoms with van der Waals surface area (Å²) in [5.74, 6) is 0.604. The van der Waals surface area contributed by atoms with Crippen molar-refractivity contribution in [3.8, 4) is 0 Å². The van der Waals surface area contributed by atoms with Gasteiger partial charge in [0.2, 0.25) is 5.95 Å². The molecule has 1 aromatic heterocycles. The van der Waals surface area contributed by atoms with Gasteiger partial charge in [0.25, 0.3) is 5.91 Å². The first kappa shape index (κ1) is 17.7.